The maximum atomic E-state index is 13.4. The first-order valence-corrected chi connectivity index (χ1v) is 6.02. The van der Waals surface area contributed by atoms with Gasteiger partial charge in [-0.15, -0.1) is 0 Å². The average Bonchev–Trinajstić information content (AvgIpc) is 2.88. The predicted molar refractivity (Wildman–Crippen MR) is 71.5 cm³/mol. The first kappa shape index (κ1) is 12.3. The van der Waals surface area contributed by atoms with Gasteiger partial charge in [-0.2, -0.15) is 4.98 Å². The number of aromatic hydroxyl groups is 1. The Morgan fingerprint density at radius 1 is 1.05 bits per heavy atom. The van der Waals surface area contributed by atoms with Crippen molar-refractivity contribution in [2.75, 3.05) is 0 Å². The van der Waals surface area contributed by atoms with Crippen molar-refractivity contribution in [1.29, 1.82) is 0 Å². The molecule has 2 aromatic carbocycles. The fraction of sp³-hybridized carbons (Fsp3) is 0.0667. The molecular formula is C15H11FN2O2. The molecule has 0 saturated heterocycles. The van der Waals surface area contributed by atoms with Crippen LogP contribution in [0, 0.1) is 12.7 Å². The molecule has 0 aliphatic rings. The fourth-order valence-electron chi connectivity index (χ4n) is 1.93. The lowest BCUT2D eigenvalue weighted by molar-refractivity contribution is 0.432. The van der Waals surface area contributed by atoms with Gasteiger partial charge in [0.15, 0.2) is 0 Å². The standard InChI is InChI=1S/C15H11FN2O2/c1-9-6-11(8-12(16)7-9)15-17-14(18-20-15)10-2-4-13(19)5-3-10/h2-8,19H,1H3. The van der Waals surface area contributed by atoms with Crippen LogP contribution in [-0.4, -0.2) is 15.2 Å². The number of aryl methyl sites for hydroxylation is 1. The summed E-state index contributed by atoms with van der Waals surface area (Å²) in [5, 5.41) is 13.1. The van der Waals surface area contributed by atoms with Crippen LogP contribution in [0.25, 0.3) is 22.8 Å². The van der Waals surface area contributed by atoms with Gasteiger partial charge in [0.2, 0.25) is 5.82 Å². The molecule has 100 valence electrons. The second kappa shape index (κ2) is 4.77. The first-order chi connectivity index (χ1) is 9.61. The number of aromatic nitrogens is 2. The third kappa shape index (κ3) is 2.38. The van der Waals surface area contributed by atoms with E-state index in [0.29, 0.717) is 17.0 Å². The van der Waals surface area contributed by atoms with Crippen molar-refractivity contribution in [2.45, 2.75) is 6.92 Å². The van der Waals surface area contributed by atoms with Crippen molar-refractivity contribution >= 4 is 0 Å². The van der Waals surface area contributed by atoms with Crippen LogP contribution in [-0.2, 0) is 0 Å². The zero-order chi connectivity index (χ0) is 14.1. The van der Waals surface area contributed by atoms with E-state index < -0.39 is 0 Å². The Morgan fingerprint density at radius 2 is 1.80 bits per heavy atom. The molecule has 0 fully saturated rings. The molecule has 0 aliphatic heterocycles. The predicted octanol–water partition coefficient (Wildman–Crippen LogP) is 3.56. The molecule has 20 heavy (non-hydrogen) atoms. The van der Waals surface area contributed by atoms with Crippen LogP contribution in [0.15, 0.2) is 47.0 Å². The van der Waals surface area contributed by atoms with Crippen molar-refractivity contribution < 1.29 is 14.0 Å². The number of rotatable bonds is 2. The maximum Gasteiger partial charge on any atom is 0.258 e. The minimum atomic E-state index is -0.343. The van der Waals surface area contributed by atoms with Crippen molar-refractivity contribution in [1.82, 2.24) is 10.1 Å². The van der Waals surface area contributed by atoms with Crippen molar-refractivity contribution in [3.05, 3.63) is 53.8 Å². The highest BCUT2D eigenvalue weighted by molar-refractivity contribution is 5.60. The Hall–Kier alpha value is -2.69. The summed E-state index contributed by atoms with van der Waals surface area (Å²) in [6.45, 7) is 1.80. The average molecular weight is 270 g/mol. The van der Waals surface area contributed by atoms with Gasteiger partial charge in [0, 0.05) is 11.1 Å². The van der Waals surface area contributed by atoms with Gasteiger partial charge >= 0.3 is 0 Å². The summed E-state index contributed by atoms with van der Waals surface area (Å²) >= 11 is 0. The SMILES string of the molecule is Cc1cc(F)cc(-c2nc(-c3ccc(O)cc3)no2)c1. The molecule has 0 saturated carbocycles. The summed E-state index contributed by atoms with van der Waals surface area (Å²) in [5.41, 5.74) is 2.04. The lowest BCUT2D eigenvalue weighted by Gasteiger charge is -1.97. The Labute approximate surface area is 114 Å². The summed E-state index contributed by atoms with van der Waals surface area (Å²) in [6.07, 6.45) is 0. The van der Waals surface area contributed by atoms with E-state index in [0.717, 1.165) is 5.56 Å². The van der Waals surface area contributed by atoms with Gasteiger partial charge in [-0.25, -0.2) is 4.39 Å². The van der Waals surface area contributed by atoms with E-state index in [2.05, 4.69) is 10.1 Å². The minimum absolute atomic E-state index is 0.165. The van der Waals surface area contributed by atoms with E-state index in [1.165, 1.54) is 24.3 Å². The molecule has 0 spiro atoms. The van der Waals surface area contributed by atoms with Gasteiger partial charge in [-0.3, -0.25) is 0 Å². The normalized spacial score (nSPS) is 10.7. The summed E-state index contributed by atoms with van der Waals surface area (Å²) in [6, 6.07) is 11.0. The number of hydrogen-bond acceptors (Lipinski definition) is 4. The maximum absolute atomic E-state index is 13.4. The molecule has 4 nitrogen and oxygen atoms in total. The zero-order valence-corrected chi connectivity index (χ0v) is 10.7. The van der Waals surface area contributed by atoms with Crippen LogP contribution >= 0.6 is 0 Å². The highest BCUT2D eigenvalue weighted by Crippen LogP contribution is 2.24. The third-order valence-corrected chi connectivity index (χ3v) is 2.84. The molecule has 1 N–H and O–H groups in total. The third-order valence-electron chi connectivity index (χ3n) is 2.84. The van der Waals surface area contributed by atoms with Crippen molar-refractivity contribution in [3.8, 4) is 28.6 Å². The van der Waals surface area contributed by atoms with Crippen LogP contribution in [0.2, 0.25) is 0 Å². The number of halogens is 1. The molecule has 1 heterocycles. The molecule has 0 bridgehead atoms. The summed E-state index contributed by atoms with van der Waals surface area (Å²) in [5.74, 6) is 0.472. The molecule has 5 heteroatoms. The van der Waals surface area contributed by atoms with Gasteiger partial charge < -0.3 is 9.63 Å². The molecular weight excluding hydrogens is 259 g/mol. The van der Waals surface area contributed by atoms with Gasteiger partial charge in [-0.1, -0.05) is 5.16 Å². The van der Waals surface area contributed by atoms with Gasteiger partial charge in [-0.05, 0) is 55.0 Å². The summed E-state index contributed by atoms with van der Waals surface area (Å²) < 4.78 is 18.5. The second-order valence-electron chi connectivity index (χ2n) is 4.49. The van der Waals surface area contributed by atoms with E-state index in [1.54, 1.807) is 25.1 Å². The fourth-order valence-corrected chi connectivity index (χ4v) is 1.93. The highest BCUT2D eigenvalue weighted by atomic mass is 19.1. The first-order valence-electron chi connectivity index (χ1n) is 6.02. The van der Waals surface area contributed by atoms with Gasteiger partial charge in [0.1, 0.15) is 11.6 Å². The van der Waals surface area contributed by atoms with Crippen LogP contribution in [0.4, 0.5) is 4.39 Å². The number of hydrogen-bond donors (Lipinski definition) is 1. The van der Waals surface area contributed by atoms with E-state index in [-0.39, 0.29) is 17.5 Å². The van der Waals surface area contributed by atoms with E-state index in [4.69, 9.17) is 4.52 Å². The lowest BCUT2D eigenvalue weighted by Crippen LogP contribution is -1.84. The number of phenols is 1. The van der Waals surface area contributed by atoms with Crippen molar-refractivity contribution in [2.24, 2.45) is 0 Å². The number of benzene rings is 2. The van der Waals surface area contributed by atoms with E-state index in [9.17, 15) is 9.50 Å². The lowest BCUT2D eigenvalue weighted by atomic mass is 10.1. The zero-order valence-electron chi connectivity index (χ0n) is 10.7. The second-order valence-corrected chi connectivity index (χ2v) is 4.49. The van der Waals surface area contributed by atoms with Crippen LogP contribution < -0.4 is 0 Å². The summed E-state index contributed by atoms with van der Waals surface area (Å²) in [7, 11) is 0. The van der Waals surface area contributed by atoms with Crippen LogP contribution in [0.5, 0.6) is 5.75 Å². The molecule has 0 aliphatic carbocycles. The molecule has 1 aromatic heterocycles. The van der Waals surface area contributed by atoms with Crippen LogP contribution in [0.1, 0.15) is 5.56 Å². The largest absolute Gasteiger partial charge is 0.508 e. The molecule has 3 aromatic rings. The minimum Gasteiger partial charge on any atom is -0.508 e. The Bertz CT molecular complexity index is 731. The quantitative estimate of drug-likeness (QED) is 0.773. The van der Waals surface area contributed by atoms with E-state index in [1.807, 2.05) is 0 Å². The Morgan fingerprint density at radius 3 is 2.50 bits per heavy atom. The Balaban J connectivity index is 1.99. The molecule has 0 radical (unpaired) electrons. The topological polar surface area (TPSA) is 59.2 Å². The molecule has 0 atom stereocenters. The Kier molecular flexibility index (Phi) is 2.95. The van der Waals surface area contributed by atoms with Gasteiger partial charge in [0.05, 0.1) is 0 Å². The monoisotopic (exact) mass is 270 g/mol. The van der Waals surface area contributed by atoms with E-state index >= 15 is 0 Å². The number of phenolic OH excluding ortho intramolecular Hbond substituents is 1. The number of nitrogens with zero attached hydrogens (tertiary/aromatic N) is 2. The summed E-state index contributed by atoms with van der Waals surface area (Å²) in [4.78, 5) is 4.24. The highest BCUT2D eigenvalue weighted by Gasteiger charge is 2.11. The smallest absolute Gasteiger partial charge is 0.258 e. The molecule has 0 unspecified atom stereocenters. The van der Waals surface area contributed by atoms with Crippen LogP contribution in [0.3, 0.4) is 0 Å². The molecule has 0 amide bonds. The van der Waals surface area contributed by atoms with Gasteiger partial charge in [0.25, 0.3) is 5.89 Å². The van der Waals surface area contributed by atoms with Crippen molar-refractivity contribution in [3.63, 3.8) is 0 Å². The molecule has 3 rings (SSSR count).